The van der Waals surface area contributed by atoms with Gasteiger partial charge in [-0.25, -0.2) is 9.18 Å². The van der Waals surface area contributed by atoms with Gasteiger partial charge in [0.05, 0.1) is 11.1 Å². The van der Waals surface area contributed by atoms with E-state index in [0.717, 1.165) is 5.56 Å². The summed E-state index contributed by atoms with van der Waals surface area (Å²) in [4.78, 5) is 37.8. The number of hydrogen-bond donors (Lipinski definition) is 2. The van der Waals surface area contributed by atoms with Gasteiger partial charge in [0.2, 0.25) is 0 Å². The van der Waals surface area contributed by atoms with E-state index < -0.39 is 6.03 Å². The summed E-state index contributed by atoms with van der Waals surface area (Å²) < 4.78 is 12.9. The SMILES string of the molecule is CC(C)N1C(=O)c2ccc(NC(=O)NCc3ccc(F)cc3)cc2C1=O. The van der Waals surface area contributed by atoms with Crippen LogP contribution in [0.3, 0.4) is 0 Å². The molecule has 2 aromatic carbocycles. The van der Waals surface area contributed by atoms with E-state index in [0.29, 0.717) is 11.3 Å². The lowest BCUT2D eigenvalue weighted by molar-refractivity contribution is 0.0609. The van der Waals surface area contributed by atoms with Gasteiger partial charge >= 0.3 is 6.03 Å². The Kier molecular flexibility index (Phi) is 4.71. The maximum absolute atomic E-state index is 12.9. The number of nitrogens with one attached hydrogen (secondary N) is 2. The van der Waals surface area contributed by atoms with E-state index in [2.05, 4.69) is 10.6 Å². The second-order valence-corrected chi connectivity index (χ2v) is 6.27. The van der Waals surface area contributed by atoms with Gasteiger partial charge < -0.3 is 10.6 Å². The number of imide groups is 1. The Morgan fingerprint density at radius 3 is 2.35 bits per heavy atom. The van der Waals surface area contributed by atoms with Gasteiger partial charge in [0.15, 0.2) is 0 Å². The highest BCUT2D eigenvalue weighted by molar-refractivity contribution is 6.22. The Hall–Kier alpha value is -3.22. The van der Waals surface area contributed by atoms with Crippen LogP contribution in [0.15, 0.2) is 42.5 Å². The van der Waals surface area contributed by atoms with Crippen molar-refractivity contribution in [2.24, 2.45) is 0 Å². The van der Waals surface area contributed by atoms with Crippen molar-refractivity contribution in [1.82, 2.24) is 10.2 Å². The third-order valence-electron chi connectivity index (χ3n) is 4.06. The molecule has 2 N–H and O–H groups in total. The molecule has 0 bridgehead atoms. The summed E-state index contributed by atoms with van der Waals surface area (Å²) in [6.07, 6.45) is 0. The maximum Gasteiger partial charge on any atom is 0.319 e. The highest BCUT2D eigenvalue weighted by Gasteiger charge is 2.37. The van der Waals surface area contributed by atoms with Crippen LogP contribution in [-0.2, 0) is 6.54 Å². The van der Waals surface area contributed by atoms with Gasteiger partial charge in [-0.3, -0.25) is 14.5 Å². The number of hydrogen-bond acceptors (Lipinski definition) is 3. The third-order valence-corrected chi connectivity index (χ3v) is 4.06. The molecule has 4 amide bonds. The number of nitrogens with zero attached hydrogens (tertiary/aromatic N) is 1. The zero-order chi connectivity index (χ0) is 18.8. The minimum absolute atomic E-state index is 0.232. The fourth-order valence-corrected chi connectivity index (χ4v) is 2.77. The monoisotopic (exact) mass is 355 g/mol. The Labute approximate surface area is 150 Å². The number of halogens is 1. The minimum atomic E-state index is -0.466. The average molecular weight is 355 g/mol. The predicted molar refractivity (Wildman–Crippen MR) is 94.3 cm³/mol. The smallest absolute Gasteiger partial charge is 0.319 e. The first-order valence-corrected chi connectivity index (χ1v) is 8.18. The highest BCUT2D eigenvalue weighted by Crippen LogP contribution is 2.27. The Balaban J connectivity index is 1.66. The van der Waals surface area contributed by atoms with E-state index in [9.17, 15) is 18.8 Å². The molecule has 1 aliphatic heterocycles. The molecule has 0 radical (unpaired) electrons. The number of amides is 4. The molecule has 1 heterocycles. The minimum Gasteiger partial charge on any atom is -0.334 e. The number of carbonyl (C=O) groups excluding carboxylic acids is 3. The molecule has 0 aromatic heterocycles. The molecule has 1 aliphatic rings. The van der Waals surface area contributed by atoms with Crippen molar-refractivity contribution in [3.8, 4) is 0 Å². The van der Waals surface area contributed by atoms with Gasteiger partial charge in [0.1, 0.15) is 5.82 Å². The third kappa shape index (κ3) is 3.42. The van der Waals surface area contributed by atoms with Gasteiger partial charge in [0, 0.05) is 18.3 Å². The number of rotatable bonds is 4. The van der Waals surface area contributed by atoms with Crippen LogP contribution in [-0.4, -0.2) is 28.8 Å². The standard InChI is InChI=1S/C19H18FN3O3/c1-11(2)23-17(24)15-8-7-14(9-16(15)18(23)25)22-19(26)21-10-12-3-5-13(20)6-4-12/h3-9,11H,10H2,1-2H3,(H2,21,22,26). The Morgan fingerprint density at radius 1 is 1.04 bits per heavy atom. The zero-order valence-corrected chi connectivity index (χ0v) is 14.4. The first kappa shape index (κ1) is 17.6. The first-order valence-electron chi connectivity index (χ1n) is 8.18. The van der Waals surface area contributed by atoms with Crippen molar-refractivity contribution < 1.29 is 18.8 Å². The largest absolute Gasteiger partial charge is 0.334 e. The molecule has 26 heavy (non-hydrogen) atoms. The van der Waals surface area contributed by atoms with Crippen LogP contribution >= 0.6 is 0 Å². The zero-order valence-electron chi connectivity index (χ0n) is 14.4. The van der Waals surface area contributed by atoms with Gasteiger partial charge in [-0.15, -0.1) is 0 Å². The number of carbonyl (C=O) groups is 3. The number of urea groups is 1. The summed E-state index contributed by atoms with van der Waals surface area (Å²) in [6.45, 7) is 3.77. The van der Waals surface area contributed by atoms with E-state index >= 15 is 0 Å². The van der Waals surface area contributed by atoms with Gasteiger partial charge in [-0.1, -0.05) is 12.1 Å². The van der Waals surface area contributed by atoms with Crippen molar-refractivity contribution in [2.75, 3.05) is 5.32 Å². The van der Waals surface area contributed by atoms with Crippen molar-refractivity contribution in [3.63, 3.8) is 0 Å². The fraction of sp³-hybridized carbons (Fsp3) is 0.211. The lowest BCUT2D eigenvalue weighted by Gasteiger charge is -2.17. The van der Waals surface area contributed by atoms with Crippen LogP contribution in [0, 0.1) is 5.82 Å². The van der Waals surface area contributed by atoms with E-state index in [1.54, 1.807) is 32.0 Å². The van der Waals surface area contributed by atoms with Crippen LogP contribution in [0.25, 0.3) is 0 Å². The summed E-state index contributed by atoms with van der Waals surface area (Å²) in [5.74, 6) is -1.03. The van der Waals surface area contributed by atoms with Crippen molar-refractivity contribution in [1.29, 1.82) is 0 Å². The molecule has 3 rings (SSSR count). The molecule has 7 heteroatoms. The summed E-state index contributed by atoms with van der Waals surface area (Å²) in [5.41, 5.74) is 1.77. The molecule has 0 atom stereocenters. The van der Waals surface area contributed by atoms with E-state index in [4.69, 9.17) is 0 Å². The number of fused-ring (bicyclic) bond motifs is 1. The lowest BCUT2D eigenvalue weighted by atomic mass is 10.1. The van der Waals surface area contributed by atoms with Crippen molar-refractivity contribution in [2.45, 2.75) is 26.4 Å². The molecule has 0 unspecified atom stereocenters. The van der Waals surface area contributed by atoms with E-state index in [1.165, 1.54) is 29.2 Å². The second kappa shape index (κ2) is 6.95. The quantitative estimate of drug-likeness (QED) is 0.827. The topological polar surface area (TPSA) is 78.5 Å². The van der Waals surface area contributed by atoms with E-state index in [-0.39, 0.29) is 35.8 Å². The lowest BCUT2D eigenvalue weighted by Crippen LogP contribution is -2.35. The summed E-state index contributed by atoms with van der Waals surface area (Å²) in [6, 6.07) is 9.70. The molecular weight excluding hydrogens is 337 g/mol. The molecular formula is C19H18FN3O3. The number of benzene rings is 2. The fourth-order valence-electron chi connectivity index (χ4n) is 2.77. The van der Waals surface area contributed by atoms with Gasteiger partial charge in [-0.2, -0.15) is 0 Å². The normalized spacial score (nSPS) is 13.2. The molecule has 0 saturated carbocycles. The molecule has 0 fully saturated rings. The van der Waals surface area contributed by atoms with Crippen LogP contribution in [0.2, 0.25) is 0 Å². The van der Waals surface area contributed by atoms with E-state index in [1.807, 2.05) is 0 Å². The van der Waals surface area contributed by atoms with Crippen LogP contribution in [0.5, 0.6) is 0 Å². The van der Waals surface area contributed by atoms with Crippen LogP contribution < -0.4 is 10.6 Å². The van der Waals surface area contributed by atoms with Gasteiger partial charge in [-0.05, 0) is 49.7 Å². The molecule has 2 aromatic rings. The van der Waals surface area contributed by atoms with Crippen molar-refractivity contribution in [3.05, 3.63) is 65.0 Å². The molecule has 0 aliphatic carbocycles. The van der Waals surface area contributed by atoms with Crippen LogP contribution in [0.4, 0.5) is 14.9 Å². The summed E-state index contributed by atoms with van der Waals surface area (Å²) in [5, 5.41) is 5.27. The average Bonchev–Trinajstić information content (AvgIpc) is 2.85. The maximum atomic E-state index is 12.9. The highest BCUT2D eigenvalue weighted by atomic mass is 19.1. The number of anilines is 1. The summed E-state index contributed by atoms with van der Waals surface area (Å²) in [7, 11) is 0. The predicted octanol–water partition coefficient (Wildman–Crippen LogP) is 3.15. The first-order chi connectivity index (χ1) is 12.4. The molecule has 6 nitrogen and oxygen atoms in total. The Morgan fingerprint density at radius 2 is 1.69 bits per heavy atom. The van der Waals surface area contributed by atoms with Crippen LogP contribution in [0.1, 0.15) is 40.1 Å². The Bertz CT molecular complexity index is 878. The second-order valence-electron chi connectivity index (χ2n) is 6.27. The molecule has 0 spiro atoms. The molecule has 134 valence electrons. The summed E-state index contributed by atoms with van der Waals surface area (Å²) >= 11 is 0. The molecule has 0 saturated heterocycles. The van der Waals surface area contributed by atoms with Crippen molar-refractivity contribution >= 4 is 23.5 Å². The van der Waals surface area contributed by atoms with Gasteiger partial charge in [0.25, 0.3) is 11.8 Å².